The van der Waals surface area contributed by atoms with Crippen molar-refractivity contribution in [2.24, 2.45) is 0 Å². The molecule has 1 aromatic heterocycles. The van der Waals surface area contributed by atoms with E-state index in [1.165, 1.54) is 0 Å². The first-order valence-corrected chi connectivity index (χ1v) is 9.43. The number of hydrogen-bond acceptors (Lipinski definition) is 4. The zero-order valence-corrected chi connectivity index (χ0v) is 15.9. The topological polar surface area (TPSA) is 46.1 Å². The highest BCUT2D eigenvalue weighted by Crippen LogP contribution is 2.56. The predicted octanol–water partition coefficient (Wildman–Crippen LogP) is 4.74. The summed E-state index contributed by atoms with van der Waals surface area (Å²) in [6.07, 6.45) is -4.32. The Morgan fingerprint density at radius 1 is 1.03 bits per heavy atom. The van der Waals surface area contributed by atoms with Gasteiger partial charge in [0.05, 0.1) is 28.7 Å². The zero-order chi connectivity index (χ0) is 20.6. The average molecular weight is 397 g/mol. The van der Waals surface area contributed by atoms with Crippen LogP contribution < -0.4 is 4.90 Å². The summed E-state index contributed by atoms with van der Waals surface area (Å²) >= 11 is 0. The maximum atomic E-state index is 13.6. The molecule has 3 aromatic rings. The molecule has 148 valence electrons. The molecule has 0 N–H and O–H groups in total. The summed E-state index contributed by atoms with van der Waals surface area (Å²) in [5, 5.41) is 0. The zero-order valence-electron chi connectivity index (χ0n) is 15.9. The number of anilines is 1. The van der Waals surface area contributed by atoms with Gasteiger partial charge in [0.2, 0.25) is 5.78 Å². The van der Waals surface area contributed by atoms with Crippen LogP contribution in [-0.4, -0.2) is 27.5 Å². The first-order valence-electron chi connectivity index (χ1n) is 9.43. The highest BCUT2D eigenvalue weighted by Gasteiger charge is 2.58. The number of ketones is 1. The lowest BCUT2D eigenvalue weighted by Crippen LogP contribution is -2.51. The maximum absolute atomic E-state index is 13.6. The monoisotopic (exact) mass is 397 g/mol. The third-order valence-electron chi connectivity index (χ3n) is 5.91. The van der Waals surface area contributed by atoms with Crippen LogP contribution in [0.2, 0.25) is 0 Å². The third-order valence-corrected chi connectivity index (χ3v) is 5.91. The quantitative estimate of drug-likeness (QED) is 0.595. The maximum Gasteiger partial charge on any atom is 0.450 e. The van der Waals surface area contributed by atoms with Crippen LogP contribution in [0, 0.1) is 0 Å². The molecule has 5 rings (SSSR count). The van der Waals surface area contributed by atoms with Gasteiger partial charge in [-0.05, 0) is 43.5 Å². The fourth-order valence-electron chi connectivity index (χ4n) is 4.78. The molecule has 7 heteroatoms. The van der Waals surface area contributed by atoms with Crippen LogP contribution in [-0.2, 0) is 11.2 Å². The van der Waals surface area contributed by atoms with E-state index in [-0.39, 0.29) is 5.69 Å². The fraction of sp³-hybridized carbons (Fsp3) is 0.318. The lowest BCUT2D eigenvalue weighted by Gasteiger charge is -2.47. The highest BCUT2D eigenvalue weighted by atomic mass is 19.4. The Labute approximate surface area is 165 Å². The van der Waals surface area contributed by atoms with Crippen molar-refractivity contribution in [3.63, 3.8) is 0 Å². The largest absolute Gasteiger partial charge is 0.450 e. The van der Waals surface area contributed by atoms with Gasteiger partial charge in [-0.25, -0.2) is 9.97 Å². The third kappa shape index (κ3) is 2.56. The predicted molar refractivity (Wildman–Crippen MR) is 103 cm³/mol. The number of para-hydroxylation sites is 2. The Morgan fingerprint density at radius 3 is 2.34 bits per heavy atom. The van der Waals surface area contributed by atoms with Gasteiger partial charge in [-0.15, -0.1) is 0 Å². The van der Waals surface area contributed by atoms with Crippen molar-refractivity contribution in [1.82, 2.24) is 9.97 Å². The molecule has 2 aliphatic rings. The molecular weight excluding hydrogens is 379 g/mol. The Kier molecular flexibility index (Phi) is 3.61. The minimum absolute atomic E-state index is 0.112. The van der Waals surface area contributed by atoms with Crippen molar-refractivity contribution in [2.45, 2.75) is 43.9 Å². The SMILES string of the molecule is CC1(C)Cc2ccccc2C2C(C(=O)C(F)(F)F)c3nc4ccccc4nc3N21. The number of Topliss-reactive ketones (excluding diaryl/α,β-unsaturated/α-hetero) is 1. The number of nitrogens with zero attached hydrogens (tertiary/aromatic N) is 3. The van der Waals surface area contributed by atoms with E-state index in [1.807, 2.05) is 43.0 Å². The van der Waals surface area contributed by atoms with E-state index in [9.17, 15) is 18.0 Å². The van der Waals surface area contributed by atoms with Crippen LogP contribution in [0.1, 0.15) is 42.6 Å². The average Bonchev–Trinajstić information content (AvgIpc) is 2.99. The number of benzene rings is 2. The Bertz CT molecular complexity index is 1160. The van der Waals surface area contributed by atoms with Gasteiger partial charge in [-0.2, -0.15) is 13.2 Å². The molecule has 3 heterocycles. The number of rotatable bonds is 1. The summed E-state index contributed by atoms with van der Waals surface area (Å²) < 4.78 is 40.9. The van der Waals surface area contributed by atoms with Crippen molar-refractivity contribution in [1.29, 1.82) is 0 Å². The van der Waals surface area contributed by atoms with E-state index in [1.54, 1.807) is 24.3 Å². The van der Waals surface area contributed by atoms with E-state index < -0.39 is 29.5 Å². The van der Waals surface area contributed by atoms with E-state index in [2.05, 4.69) is 9.97 Å². The van der Waals surface area contributed by atoms with Gasteiger partial charge in [0.15, 0.2) is 5.82 Å². The van der Waals surface area contributed by atoms with E-state index >= 15 is 0 Å². The first-order chi connectivity index (χ1) is 13.7. The summed E-state index contributed by atoms with van der Waals surface area (Å²) in [6.45, 7) is 3.94. The second-order valence-electron chi connectivity index (χ2n) is 8.26. The summed E-state index contributed by atoms with van der Waals surface area (Å²) in [6, 6.07) is 13.7. The van der Waals surface area contributed by atoms with Gasteiger partial charge in [0.25, 0.3) is 0 Å². The van der Waals surface area contributed by atoms with Gasteiger partial charge >= 0.3 is 6.18 Å². The molecule has 0 saturated carbocycles. The van der Waals surface area contributed by atoms with Crippen LogP contribution in [0.4, 0.5) is 19.0 Å². The summed E-state index contributed by atoms with van der Waals surface area (Å²) in [5.74, 6) is -2.85. The number of carbonyl (C=O) groups excluding carboxylic acids is 1. The number of hydrogen-bond donors (Lipinski definition) is 0. The number of alkyl halides is 3. The Hall–Kier alpha value is -2.96. The first kappa shape index (κ1) is 18.1. The molecule has 0 radical (unpaired) electrons. The van der Waals surface area contributed by atoms with E-state index in [0.717, 1.165) is 11.1 Å². The van der Waals surface area contributed by atoms with Crippen LogP contribution in [0.25, 0.3) is 11.0 Å². The molecular formula is C22H18F3N3O. The molecule has 0 amide bonds. The minimum Gasteiger partial charge on any atom is -0.341 e. The van der Waals surface area contributed by atoms with E-state index in [4.69, 9.17) is 0 Å². The Balaban J connectivity index is 1.83. The van der Waals surface area contributed by atoms with Crippen LogP contribution in [0.5, 0.6) is 0 Å². The summed E-state index contributed by atoms with van der Waals surface area (Å²) in [4.78, 5) is 23.7. The van der Waals surface area contributed by atoms with Crippen LogP contribution >= 0.6 is 0 Å². The van der Waals surface area contributed by atoms with Gasteiger partial charge in [0.1, 0.15) is 0 Å². The molecule has 29 heavy (non-hydrogen) atoms. The van der Waals surface area contributed by atoms with Gasteiger partial charge < -0.3 is 4.90 Å². The molecule has 2 aliphatic heterocycles. The van der Waals surface area contributed by atoms with Crippen molar-refractivity contribution in [2.75, 3.05) is 4.90 Å². The van der Waals surface area contributed by atoms with Crippen LogP contribution in [0.15, 0.2) is 48.5 Å². The molecule has 0 aliphatic carbocycles. The summed E-state index contributed by atoms with van der Waals surface area (Å²) in [5.41, 5.74) is 2.36. The molecule has 2 aromatic carbocycles. The fourth-order valence-corrected chi connectivity index (χ4v) is 4.78. The van der Waals surface area contributed by atoms with Crippen molar-refractivity contribution in [3.05, 3.63) is 65.4 Å². The molecule has 0 saturated heterocycles. The Morgan fingerprint density at radius 2 is 1.66 bits per heavy atom. The van der Waals surface area contributed by atoms with Crippen molar-refractivity contribution in [3.8, 4) is 0 Å². The smallest absolute Gasteiger partial charge is 0.341 e. The van der Waals surface area contributed by atoms with Crippen LogP contribution in [0.3, 0.4) is 0 Å². The van der Waals surface area contributed by atoms with Gasteiger partial charge in [-0.3, -0.25) is 4.79 Å². The number of halogens is 3. The number of aromatic nitrogens is 2. The molecule has 4 nitrogen and oxygen atoms in total. The van der Waals surface area contributed by atoms with Crippen molar-refractivity contribution >= 4 is 22.6 Å². The van der Waals surface area contributed by atoms with Crippen molar-refractivity contribution < 1.29 is 18.0 Å². The van der Waals surface area contributed by atoms with Gasteiger partial charge in [-0.1, -0.05) is 36.4 Å². The summed E-state index contributed by atoms with van der Waals surface area (Å²) in [7, 11) is 0. The highest BCUT2D eigenvalue weighted by molar-refractivity contribution is 5.95. The van der Waals surface area contributed by atoms with E-state index in [0.29, 0.717) is 23.3 Å². The number of carbonyl (C=O) groups is 1. The second kappa shape index (κ2) is 5.78. The standard InChI is InChI=1S/C22H18F3N3O/c1-21(2)11-12-7-3-4-8-13(12)18-16(19(29)22(23,24)25)17-20(28(18)21)27-15-10-6-5-9-14(15)26-17/h3-10,16,18H,11H2,1-2H3. The molecule has 2 unspecified atom stereocenters. The molecule has 0 fully saturated rings. The lowest BCUT2D eigenvalue weighted by molar-refractivity contribution is -0.173. The second-order valence-corrected chi connectivity index (χ2v) is 8.26. The van der Waals surface area contributed by atoms with Gasteiger partial charge in [0, 0.05) is 5.54 Å². The lowest BCUT2D eigenvalue weighted by atomic mass is 9.78. The molecule has 0 bridgehead atoms. The number of fused-ring (bicyclic) bond motifs is 6. The normalized spacial score (nSPS) is 22.2. The molecule has 0 spiro atoms. The molecule has 2 atom stereocenters. The minimum atomic E-state index is -4.96.